The molecule has 0 N–H and O–H groups in total. The van der Waals surface area contributed by atoms with Gasteiger partial charge in [-0.25, -0.2) is 4.79 Å². The van der Waals surface area contributed by atoms with E-state index in [9.17, 15) is 4.79 Å². The van der Waals surface area contributed by atoms with Crippen molar-refractivity contribution >= 4 is 5.97 Å². The fourth-order valence-corrected chi connectivity index (χ4v) is 2.47. The second kappa shape index (κ2) is 7.47. The summed E-state index contributed by atoms with van der Waals surface area (Å²) in [6, 6.07) is 17.7. The molecule has 0 spiro atoms. The molecule has 0 amide bonds. The number of ether oxygens (including phenoxy) is 4. The normalized spacial score (nSPS) is 15.4. The van der Waals surface area contributed by atoms with Gasteiger partial charge < -0.3 is 18.9 Å². The maximum Gasteiger partial charge on any atom is 0.331 e. The Bertz CT molecular complexity index is 662. The van der Waals surface area contributed by atoms with Gasteiger partial charge in [0.1, 0.15) is 24.6 Å². The fourth-order valence-electron chi connectivity index (χ4n) is 2.47. The first-order chi connectivity index (χ1) is 11.7. The van der Waals surface area contributed by atoms with Gasteiger partial charge >= 0.3 is 5.97 Å². The number of carbonyl (C=O) groups is 1. The molecule has 5 heteroatoms. The van der Waals surface area contributed by atoms with Gasteiger partial charge in [-0.3, -0.25) is 0 Å². The third-order valence-corrected chi connectivity index (χ3v) is 3.99. The Morgan fingerprint density at radius 1 is 1.08 bits per heavy atom. The molecule has 3 rings (SSSR count). The Morgan fingerprint density at radius 3 is 2.38 bits per heavy atom. The molecule has 0 aromatic heterocycles. The molecule has 0 unspecified atom stereocenters. The van der Waals surface area contributed by atoms with Crippen molar-refractivity contribution in [3.05, 3.63) is 65.7 Å². The Kier molecular flexibility index (Phi) is 5.13. The van der Waals surface area contributed by atoms with Crippen LogP contribution in [0.1, 0.15) is 11.1 Å². The lowest BCUT2D eigenvalue weighted by Crippen LogP contribution is -2.49. The van der Waals surface area contributed by atoms with E-state index in [4.69, 9.17) is 14.2 Å². The Labute approximate surface area is 141 Å². The number of hydrogen-bond acceptors (Lipinski definition) is 5. The lowest BCUT2D eigenvalue weighted by Gasteiger charge is -2.41. The molecule has 2 aromatic carbocycles. The van der Waals surface area contributed by atoms with Gasteiger partial charge in [-0.15, -0.1) is 0 Å². The topological polar surface area (TPSA) is 54.0 Å². The maximum atomic E-state index is 11.3. The lowest BCUT2D eigenvalue weighted by atomic mass is 9.91. The highest BCUT2D eigenvalue weighted by Gasteiger charge is 2.42. The van der Waals surface area contributed by atoms with Crippen molar-refractivity contribution in [2.24, 2.45) is 0 Å². The molecule has 1 saturated heterocycles. The molecule has 24 heavy (non-hydrogen) atoms. The highest BCUT2D eigenvalue weighted by atomic mass is 16.6. The van der Waals surface area contributed by atoms with Crippen LogP contribution in [-0.4, -0.2) is 32.9 Å². The van der Waals surface area contributed by atoms with Crippen molar-refractivity contribution in [3.8, 4) is 5.75 Å². The van der Waals surface area contributed by atoms with Crippen LogP contribution in [0.2, 0.25) is 0 Å². The molecule has 1 aliphatic rings. The smallest absolute Gasteiger partial charge is 0.331 e. The molecular weight excluding hydrogens is 308 g/mol. The zero-order valence-corrected chi connectivity index (χ0v) is 13.6. The number of rotatable bonds is 7. The predicted octanol–water partition coefficient (Wildman–Crippen LogP) is 2.68. The van der Waals surface area contributed by atoms with E-state index in [-0.39, 0.29) is 6.61 Å². The van der Waals surface area contributed by atoms with Gasteiger partial charge in [-0.2, -0.15) is 0 Å². The van der Waals surface area contributed by atoms with Gasteiger partial charge in [0.15, 0.2) is 0 Å². The van der Waals surface area contributed by atoms with Crippen molar-refractivity contribution in [1.82, 2.24) is 0 Å². The summed E-state index contributed by atoms with van der Waals surface area (Å²) in [5.74, 6) is 0.384. The average molecular weight is 328 g/mol. The summed E-state index contributed by atoms with van der Waals surface area (Å²) in [4.78, 5) is 11.3. The molecule has 1 fully saturated rings. The highest BCUT2D eigenvalue weighted by molar-refractivity contribution is 5.70. The summed E-state index contributed by atoms with van der Waals surface area (Å²) < 4.78 is 21.4. The second-order valence-corrected chi connectivity index (χ2v) is 5.65. The number of methoxy groups -OCH3 is 1. The van der Waals surface area contributed by atoms with Crippen LogP contribution in [0.4, 0.5) is 0 Å². The summed E-state index contributed by atoms with van der Waals surface area (Å²) in [5.41, 5.74) is 1.50. The maximum absolute atomic E-state index is 11.3. The average Bonchev–Trinajstić information content (AvgIpc) is 2.60. The predicted molar refractivity (Wildman–Crippen MR) is 87.7 cm³/mol. The quantitative estimate of drug-likeness (QED) is 0.732. The molecule has 5 nitrogen and oxygen atoms in total. The zero-order valence-electron chi connectivity index (χ0n) is 13.6. The van der Waals surface area contributed by atoms with E-state index < -0.39 is 11.6 Å². The molecule has 0 aliphatic carbocycles. The molecule has 0 saturated carbocycles. The Hall–Kier alpha value is -2.37. The van der Waals surface area contributed by atoms with Crippen LogP contribution in [0.5, 0.6) is 5.75 Å². The van der Waals surface area contributed by atoms with Crippen molar-refractivity contribution in [2.75, 3.05) is 26.9 Å². The van der Waals surface area contributed by atoms with Crippen LogP contribution >= 0.6 is 0 Å². The third-order valence-electron chi connectivity index (χ3n) is 3.99. The van der Waals surface area contributed by atoms with E-state index in [2.05, 4.69) is 4.74 Å². The second-order valence-electron chi connectivity index (χ2n) is 5.65. The van der Waals surface area contributed by atoms with Gasteiger partial charge in [-0.05, 0) is 23.3 Å². The Morgan fingerprint density at radius 2 is 1.79 bits per heavy atom. The highest BCUT2D eigenvalue weighted by Crippen LogP contribution is 2.34. The van der Waals surface area contributed by atoms with Gasteiger partial charge in [0, 0.05) is 0 Å². The summed E-state index contributed by atoms with van der Waals surface area (Å²) >= 11 is 0. The summed E-state index contributed by atoms with van der Waals surface area (Å²) in [5, 5.41) is 0. The van der Waals surface area contributed by atoms with Crippen LogP contribution in [0.3, 0.4) is 0 Å². The first kappa shape index (κ1) is 16.5. The van der Waals surface area contributed by atoms with E-state index in [1.54, 1.807) is 0 Å². The van der Waals surface area contributed by atoms with Crippen molar-refractivity contribution < 1.29 is 23.7 Å². The molecule has 0 bridgehead atoms. The summed E-state index contributed by atoms with van der Waals surface area (Å²) in [7, 11) is 1.34. The van der Waals surface area contributed by atoms with Gasteiger partial charge in [0.25, 0.3) is 0 Å². The molecule has 0 radical (unpaired) electrons. The molecule has 2 aromatic rings. The zero-order chi connectivity index (χ0) is 16.8. The van der Waals surface area contributed by atoms with Gasteiger partial charge in [0.2, 0.25) is 0 Å². The number of hydrogen-bond donors (Lipinski definition) is 0. The van der Waals surface area contributed by atoms with Crippen molar-refractivity contribution in [2.45, 2.75) is 12.2 Å². The monoisotopic (exact) mass is 328 g/mol. The van der Waals surface area contributed by atoms with Crippen LogP contribution < -0.4 is 4.74 Å². The standard InChI is InChI=1S/C19H20O5/c1-21-18(20)12-24-19(13-22-14-19)16-7-9-17(10-8-16)23-11-15-5-3-2-4-6-15/h2-10H,11-14H2,1H3. The van der Waals surface area contributed by atoms with E-state index in [1.165, 1.54) is 7.11 Å². The molecule has 1 aliphatic heterocycles. The van der Waals surface area contributed by atoms with E-state index in [0.717, 1.165) is 16.9 Å². The van der Waals surface area contributed by atoms with Gasteiger partial charge in [-0.1, -0.05) is 42.5 Å². The molecular formula is C19H20O5. The number of carbonyl (C=O) groups excluding carboxylic acids is 1. The van der Waals surface area contributed by atoms with Gasteiger partial charge in [0.05, 0.1) is 20.3 Å². The van der Waals surface area contributed by atoms with Crippen LogP contribution in [0.25, 0.3) is 0 Å². The van der Waals surface area contributed by atoms with E-state index in [0.29, 0.717) is 19.8 Å². The molecule has 0 atom stereocenters. The minimum atomic E-state index is -0.577. The first-order valence-corrected chi connectivity index (χ1v) is 7.78. The van der Waals surface area contributed by atoms with Crippen molar-refractivity contribution in [3.63, 3.8) is 0 Å². The molecule has 126 valence electrons. The SMILES string of the molecule is COC(=O)COC1(c2ccc(OCc3ccccc3)cc2)COC1. The van der Waals surface area contributed by atoms with Crippen molar-refractivity contribution in [1.29, 1.82) is 0 Å². The first-order valence-electron chi connectivity index (χ1n) is 7.78. The van der Waals surface area contributed by atoms with E-state index in [1.807, 2.05) is 54.6 Å². The molecule has 1 heterocycles. The minimum absolute atomic E-state index is 0.0912. The van der Waals surface area contributed by atoms with Crippen LogP contribution in [0, 0.1) is 0 Å². The third kappa shape index (κ3) is 3.75. The lowest BCUT2D eigenvalue weighted by molar-refractivity contribution is -0.220. The Balaban J connectivity index is 1.61. The number of benzene rings is 2. The summed E-state index contributed by atoms with van der Waals surface area (Å²) in [6.07, 6.45) is 0. The largest absolute Gasteiger partial charge is 0.489 e. The number of esters is 1. The minimum Gasteiger partial charge on any atom is -0.489 e. The van der Waals surface area contributed by atoms with Crippen LogP contribution in [0.15, 0.2) is 54.6 Å². The van der Waals surface area contributed by atoms with Crippen LogP contribution in [-0.2, 0) is 31.2 Å². The summed E-state index contributed by atoms with van der Waals surface area (Å²) in [6.45, 7) is 1.28. The van der Waals surface area contributed by atoms with E-state index >= 15 is 0 Å². The fraction of sp³-hybridized carbons (Fsp3) is 0.316.